The number of esters is 1. The lowest BCUT2D eigenvalue weighted by Gasteiger charge is -2.10. The molecule has 40 heavy (non-hydrogen) atoms. The molecule has 208 valence electrons. The van der Waals surface area contributed by atoms with Gasteiger partial charge in [0.1, 0.15) is 18.1 Å². The minimum atomic E-state index is -0.545. The molecule has 0 saturated carbocycles. The summed E-state index contributed by atoms with van der Waals surface area (Å²) in [6.07, 6.45) is 1.36. The van der Waals surface area contributed by atoms with Crippen LogP contribution in [0.5, 0.6) is 11.5 Å². The molecule has 0 fully saturated rings. The smallest absolute Gasteiger partial charge is 0.344 e. The summed E-state index contributed by atoms with van der Waals surface area (Å²) in [6.45, 7) is 5.87. The van der Waals surface area contributed by atoms with Crippen molar-refractivity contribution in [2.45, 2.75) is 27.4 Å². The van der Waals surface area contributed by atoms with Crippen LogP contribution in [0.25, 0.3) is 5.69 Å². The van der Waals surface area contributed by atoms with Crippen molar-refractivity contribution in [3.05, 3.63) is 99.2 Å². The van der Waals surface area contributed by atoms with Crippen molar-refractivity contribution in [2.24, 2.45) is 5.10 Å². The van der Waals surface area contributed by atoms with E-state index in [0.29, 0.717) is 17.1 Å². The summed E-state index contributed by atoms with van der Waals surface area (Å²) >= 11 is 12.4. The van der Waals surface area contributed by atoms with E-state index in [-0.39, 0.29) is 41.4 Å². The summed E-state index contributed by atoms with van der Waals surface area (Å²) in [7, 11) is 0. The molecule has 1 N–H and O–H groups in total. The molecular weight excluding hydrogens is 557 g/mol. The van der Waals surface area contributed by atoms with Crippen molar-refractivity contribution in [3.8, 4) is 17.2 Å². The molecule has 0 radical (unpaired) electrons. The van der Waals surface area contributed by atoms with Gasteiger partial charge in [-0.15, -0.1) is 0 Å². The van der Waals surface area contributed by atoms with E-state index >= 15 is 0 Å². The first-order chi connectivity index (χ1) is 19.2. The maximum Gasteiger partial charge on any atom is 0.344 e. The minimum absolute atomic E-state index is 0.0726. The number of hydrogen-bond donors (Lipinski definition) is 1. The van der Waals surface area contributed by atoms with Crippen LogP contribution in [0.1, 0.15) is 40.2 Å². The van der Waals surface area contributed by atoms with E-state index in [4.69, 9.17) is 41.8 Å². The van der Waals surface area contributed by atoms with Crippen LogP contribution in [0.4, 0.5) is 0 Å². The molecule has 2 heterocycles. The van der Waals surface area contributed by atoms with Gasteiger partial charge >= 0.3 is 11.9 Å². The fraction of sp³-hybridized carbons (Fsp3) is 0.207. The lowest BCUT2D eigenvalue weighted by Crippen LogP contribution is -2.17. The second kappa shape index (κ2) is 13.2. The number of nitrogens with one attached hydrogen (secondary N) is 1. The Balaban J connectivity index is 1.29. The van der Waals surface area contributed by atoms with Crippen molar-refractivity contribution in [3.63, 3.8) is 0 Å². The predicted molar refractivity (Wildman–Crippen MR) is 152 cm³/mol. The summed E-state index contributed by atoms with van der Waals surface area (Å²) in [5, 5.41) is 4.27. The minimum Gasteiger partial charge on any atom is -0.486 e. The number of aromatic nitrogens is 1. The van der Waals surface area contributed by atoms with E-state index < -0.39 is 11.9 Å². The zero-order valence-corrected chi connectivity index (χ0v) is 23.6. The van der Waals surface area contributed by atoms with Gasteiger partial charge in [-0.05, 0) is 87.0 Å². The number of amides is 1. The number of carbonyl (C=O) groups excluding carboxylic acids is 2. The fourth-order valence-corrected chi connectivity index (χ4v) is 4.46. The number of halogens is 2. The van der Waals surface area contributed by atoms with Crippen molar-refractivity contribution in [1.82, 2.24) is 9.99 Å². The third-order valence-corrected chi connectivity index (χ3v) is 6.23. The predicted octanol–water partition coefficient (Wildman–Crippen LogP) is 6.28. The van der Waals surface area contributed by atoms with Crippen LogP contribution in [-0.4, -0.2) is 35.9 Å². The van der Waals surface area contributed by atoms with Gasteiger partial charge in [0, 0.05) is 17.1 Å². The molecule has 0 aliphatic rings. The number of benzene rings is 2. The zero-order valence-electron chi connectivity index (χ0n) is 22.1. The van der Waals surface area contributed by atoms with Crippen molar-refractivity contribution < 1.29 is 28.2 Å². The van der Waals surface area contributed by atoms with Gasteiger partial charge in [0.15, 0.2) is 18.1 Å². The third kappa shape index (κ3) is 7.25. The van der Waals surface area contributed by atoms with Gasteiger partial charge in [0.2, 0.25) is 0 Å². The average molecular weight is 584 g/mol. The van der Waals surface area contributed by atoms with Crippen LogP contribution >= 0.6 is 23.2 Å². The molecule has 9 nitrogen and oxygen atoms in total. The van der Waals surface area contributed by atoms with E-state index in [1.54, 1.807) is 13.0 Å². The van der Waals surface area contributed by atoms with Crippen LogP contribution in [0.15, 0.2) is 70.2 Å². The Hall–Kier alpha value is -4.21. The molecule has 2 aromatic carbocycles. The molecule has 0 unspecified atom stereocenters. The molecule has 0 spiro atoms. The summed E-state index contributed by atoms with van der Waals surface area (Å²) in [5.74, 6) is 0.285. The monoisotopic (exact) mass is 583 g/mol. The highest BCUT2D eigenvalue weighted by molar-refractivity contribution is 6.37. The van der Waals surface area contributed by atoms with E-state index in [0.717, 1.165) is 17.1 Å². The molecule has 0 aliphatic heterocycles. The molecule has 0 saturated heterocycles. The zero-order chi connectivity index (χ0) is 28.6. The highest BCUT2D eigenvalue weighted by Gasteiger charge is 2.13. The quantitative estimate of drug-likeness (QED) is 0.127. The maximum atomic E-state index is 12.4. The van der Waals surface area contributed by atoms with Crippen molar-refractivity contribution >= 4 is 41.3 Å². The average Bonchev–Trinajstić information content (AvgIpc) is 3.53. The van der Waals surface area contributed by atoms with Gasteiger partial charge in [-0.2, -0.15) is 5.10 Å². The fourth-order valence-electron chi connectivity index (χ4n) is 3.85. The summed E-state index contributed by atoms with van der Waals surface area (Å²) in [6, 6.07) is 18.1. The number of nitrogens with zero attached hydrogens (tertiary/aromatic N) is 2. The lowest BCUT2D eigenvalue weighted by atomic mass is 10.2. The first-order valence-corrected chi connectivity index (χ1v) is 13.1. The maximum absolute atomic E-state index is 12.4. The number of ether oxygens (including phenoxy) is 3. The molecule has 0 atom stereocenters. The highest BCUT2D eigenvalue weighted by atomic mass is 35.5. The van der Waals surface area contributed by atoms with Gasteiger partial charge in [0.05, 0.1) is 22.9 Å². The van der Waals surface area contributed by atoms with Gasteiger partial charge < -0.3 is 23.2 Å². The summed E-state index contributed by atoms with van der Waals surface area (Å²) < 4.78 is 23.7. The SMILES string of the molecule is CCOC(=O)COc1c(Cl)cc(/C=N/NC(=O)c2ccc(COc3ccc(-n4c(C)ccc4C)cc3)o2)cc1Cl. The highest BCUT2D eigenvalue weighted by Crippen LogP contribution is 2.34. The van der Waals surface area contributed by atoms with Gasteiger partial charge in [-0.1, -0.05) is 23.2 Å². The normalized spacial score (nSPS) is 11.0. The van der Waals surface area contributed by atoms with E-state index in [1.165, 1.54) is 24.4 Å². The Kier molecular flexibility index (Phi) is 9.52. The molecule has 1 amide bonds. The number of carbonyl (C=O) groups is 2. The van der Waals surface area contributed by atoms with Crippen LogP contribution in [0.2, 0.25) is 10.0 Å². The van der Waals surface area contributed by atoms with E-state index in [2.05, 4.69) is 41.1 Å². The number of hydrogen-bond acceptors (Lipinski definition) is 7. The molecule has 0 aliphatic carbocycles. The Morgan fingerprint density at radius 1 is 0.975 bits per heavy atom. The third-order valence-electron chi connectivity index (χ3n) is 5.67. The first kappa shape index (κ1) is 28.8. The van der Waals surface area contributed by atoms with E-state index in [9.17, 15) is 9.59 Å². The van der Waals surface area contributed by atoms with Crippen LogP contribution in [0.3, 0.4) is 0 Å². The number of rotatable bonds is 11. The van der Waals surface area contributed by atoms with Crippen LogP contribution in [-0.2, 0) is 16.1 Å². The largest absolute Gasteiger partial charge is 0.486 e. The summed E-state index contributed by atoms with van der Waals surface area (Å²) in [5.41, 5.74) is 6.24. The van der Waals surface area contributed by atoms with Crippen molar-refractivity contribution in [1.29, 1.82) is 0 Å². The number of aryl methyl sites for hydroxylation is 2. The molecular formula is C29H27Cl2N3O6. The van der Waals surface area contributed by atoms with Crippen molar-refractivity contribution in [2.75, 3.05) is 13.2 Å². The molecule has 11 heteroatoms. The first-order valence-electron chi connectivity index (χ1n) is 12.3. The Morgan fingerprint density at radius 2 is 1.65 bits per heavy atom. The molecule has 4 rings (SSSR count). The second-order valence-corrected chi connectivity index (χ2v) is 9.42. The lowest BCUT2D eigenvalue weighted by molar-refractivity contribution is -0.145. The Labute approximate surface area is 241 Å². The Morgan fingerprint density at radius 3 is 2.30 bits per heavy atom. The number of hydrazone groups is 1. The molecule has 0 bridgehead atoms. The van der Waals surface area contributed by atoms with Gasteiger partial charge in [0.25, 0.3) is 0 Å². The second-order valence-electron chi connectivity index (χ2n) is 8.61. The number of furan rings is 1. The van der Waals surface area contributed by atoms with Crippen LogP contribution in [0, 0.1) is 13.8 Å². The van der Waals surface area contributed by atoms with Gasteiger partial charge in [-0.3, -0.25) is 4.79 Å². The summed E-state index contributed by atoms with van der Waals surface area (Å²) in [4.78, 5) is 23.9. The van der Waals surface area contributed by atoms with Gasteiger partial charge in [-0.25, -0.2) is 10.2 Å². The van der Waals surface area contributed by atoms with Crippen LogP contribution < -0.4 is 14.9 Å². The Bertz CT molecular complexity index is 1480. The molecule has 4 aromatic rings. The van der Waals surface area contributed by atoms with E-state index in [1.807, 2.05) is 24.3 Å². The topological polar surface area (TPSA) is 104 Å². The molecule has 2 aromatic heterocycles. The standard InChI is InChI=1S/C29H27Cl2N3O6/c1-4-37-27(35)17-39-28-24(30)13-20(14-25(28)31)15-32-33-29(36)26-12-11-23(40-26)16-38-22-9-7-21(8-10-22)34-18(2)5-6-19(34)3/h5-15H,4,16-17H2,1-3H3,(H,33,36)/b32-15+.